The van der Waals surface area contributed by atoms with Crippen LogP contribution in [0.15, 0.2) is 0 Å². The highest BCUT2D eigenvalue weighted by atomic mass is 16.4. The summed E-state index contributed by atoms with van der Waals surface area (Å²) in [6.07, 6.45) is 4.93. The number of aliphatic hydroxyl groups is 3. The van der Waals surface area contributed by atoms with Gasteiger partial charge in [0.1, 0.15) is 12.2 Å². The van der Waals surface area contributed by atoms with Crippen molar-refractivity contribution in [3.05, 3.63) is 0 Å². The monoisotopic (exact) mass is 264 g/mol. The molecule has 0 aliphatic heterocycles. The van der Waals surface area contributed by atoms with Gasteiger partial charge in [-0.05, 0) is 6.42 Å². The summed E-state index contributed by atoms with van der Waals surface area (Å²) in [5, 5.41) is 36.2. The second-order valence-electron chi connectivity index (χ2n) is 4.00. The molecular weight excluding hydrogens is 238 g/mol. The lowest BCUT2D eigenvalue weighted by molar-refractivity contribution is -0.250. The average molecular weight is 264 g/mol. The lowest BCUT2D eigenvalue weighted by Gasteiger charge is -2.05. The Morgan fingerprint density at radius 1 is 1.11 bits per heavy atom. The summed E-state index contributed by atoms with van der Waals surface area (Å²) in [7, 11) is 0. The number of nitrogens with one attached hydrogen (secondary N) is 1. The molecule has 0 aromatic carbocycles. The van der Waals surface area contributed by atoms with Crippen molar-refractivity contribution < 1.29 is 25.2 Å². The molecule has 0 bridgehead atoms. The van der Waals surface area contributed by atoms with E-state index in [1.807, 2.05) is 0 Å². The van der Waals surface area contributed by atoms with Crippen LogP contribution in [0.5, 0.6) is 0 Å². The molecule has 4 N–H and O–H groups in total. The zero-order chi connectivity index (χ0) is 14.2. The van der Waals surface area contributed by atoms with Crippen molar-refractivity contribution in [1.29, 1.82) is 0 Å². The van der Waals surface area contributed by atoms with Gasteiger partial charge in [0, 0.05) is 6.54 Å². The number of carbonyl (C=O) groups excluding carboxylic acids is 1. The highest BCUT2D eigenvalue weighted by Gasteiger charge is 1.93. The van der Waals surface area contributed by atoms with Crippen molar-refractivity contribution in [3.63, 3.8) is 0 Å². The van der Waals surface area contributed by atoms with Crippen LogP contribution in [0, 0.1) is 0 Å². The first-order chi connectivity index (χ1) is 8.58. The number of hydrogen-bond donors (Lipinski definition) is 4. The summed E-state index contributed by atoms with van der Waals surface area (Å²) in [5.41, 5.74) is 0. The van der Waals surface area contributed by atoms with Crippen LogP contribution < -0.4 is 10.4 Å². The molecule has 18 heavy (non-hydrogen) atoms. The maximum Gasteiger partial charge on any atom is 0.134 e. The summed E-state index contributed by atoms with van der Waals surface area (Å²) < 4.78 is 0. The van der Waals surface area contributed by atoms with Gasteiger partial charge in [0.05, 0.1) is 13.2 Å². The molecule has 0 aromatic heterocycles. The van der Waals surface area contributed by atoms with E-state index in [1.54, 1.807) is 0 Å². The van der Waals surface area contributed by atoms with Crippen LogP contribution in [0.4, 0.5) is 4.79 Å². The van der Waals surface area contributed by atoms with Gasteiger partial charge < -0.3 is 30.5 Å². The van der Waals surface area contributed by atoms with Crippen LogP contribution in [0.2, 0.25) is 0 Å². The van der Waals surface area contributed by atoms with E-state index in [2.05, 4.69) is 12.2 Å². The molecule has 110 valence electrons. The van der Waals surface area contributed by atoms with Crippen molar-refractivity contribution in [1.82, 2.24) is 5.32 Å². The largest absolute Gasteiger partial charge is 0.530 e. The number of rotatable bonds is 9. The minimum Gasteiger partial charge on any atom is -0.530 e. The van der Waals surface area contributed by atoms with Gasteiger partial charge in [-0.25, -0.2) is 0 Å². The zero-order valence-corrected chi connectivity index (χ0v) is 11.1. The molecule has 0 rings (SSSR count). The molecule has 0 unspecified atom stereocenters. The molecule has 0 fully saturated rings. The minimum atomic E-state index is -1.16. The summed E-state index contributed by atoms with van der Waals surface area (Å²) in [4.78, 5) is 9.91. The molecule has 0 saturated heterocycles. The van der Waals surface area contributed by atoms with Crippen LogP contribution in [0.1, 0.15) is 45.4 Å². The third-order valence-electron chi connectivity index (χ3n) is 2.22. The highest BCUT2D eigenvalue weighted by Crippen LogP contribution is 2.03. The number of aliphatic hydroxyl groups excluding tert-OH is 3. The maximum atomic E-state index is 9.91. The third kappa shape index (κ3) is 20.5. The minimum absolute atomic E-state index is 0.365. The molecule has 0 aliphatic rings. The van der Waals surface area contributed by atoms with Gasteiger partial charge in [-0.2, -0.15) is 0 Å². The first-order valence-electron chi connectivity index (χ1n) is 6.43. The van der Waals surface area contributed by atoms with Crippen molar-refractivity contribution >= 4 is 6.09 Å². The van der Waals surface area contributed by atoms with Crippen molar-refractivity contribution in [3.8, 4) is 0 Å². The molecule has 0 saturated carbocycles. The fraction of sp³-hybridized carbons (Fsp3) is 0.917. The van der Waals surface area contributed by atoms with Gasteiger partial charge in [0.2, 0.25) is 0 Å². The SMILES string of the molecule is CCCCCCCCNC(=O)[O-].OCC(O)CO. The van der Waals surface area contributed by atoms with Crippen molar-refractivity contribution in [2.45, 2.75) is 51.6 Å². The van der Waals surface area contributed by atoms with Gasteiger partial charge in [-0.3, -0.25) is 0 Å². The van der Waals surface area contributed by atoms with E-state index in [9.17, 15) is 9.90 Å². The Labute approximate surface area is 109 Å². The lowest BCUT2D eigenvalue weighted by Crippen LogP contribution is -2.36. The molecule has 0 aromatic rings. The van der Waals surface area contributed by atoms with E-state index in [1.165, 1.54) is 25.7 Å². The summed E-state index contributed by atoms with van der Waals surface area (Å²) in [5.74, 6) is 0. The maximum absolute atomic E-state index is 9.91. The molecule has 0 heterocycles. The van der Waals surface area contributed by atoms with E-state index in [-0.39, 0.29) is 13.2 Å². The normalized spacial score (nSPS) is 9.83. The summed E-state index contributed by atoms with van der Waals surface area (Å²) in [6.45, 7) is 1.99. The predicted octanol–water partition coefficient (Wildman–Crippen LogP) is -0.388. The third-order valence-corrected chi connectivity index (χ3v) is 2.22. The first kappa shape index (κ1) is 19.5. The number of hydrogen-bond acceptors (Lipinski definition) is 5. The van der Waals surface area contributed by atoms with Gasteiger partial charge in [0.15, 0.2) is 0 Å². The van der Waals surface area contributed by atoms with Gasteiger partial charge in [0.25, 0.3) is 0 Å². The van der Waals surface area contributed by atoms with E-state index in [0.29, 0.717) is 6.54 Å². The molecule has 0 radical (unpaired) electrons. The molecule has 6 nitrogen and oxygen atoms in total. The van der Waals surface area contributed by atoms with Crippen LogP contribution in [-0.4, -0.2) is 47.3 Å². The first-order valence-corrected chi connectivity index (χ1v) is 6.43. The Hall–Kier alpha value is -0.850. The molecular formula is C12H26NO5-. The molecule has 0 aliphatic carbocycles. The smallest absolute Gasteiger partial charge is 0.134 e. The molecule has 1 amide bonds. The van der Waals surface area contributed by atoms with E-state index < -0.39 is 12.2 Å². The quantitative estimate of drug-likeness (QED) is 0.424. The van der Waals surface area contributed by atoms with Crippen LogP contribution in [0.25, 0.3) is 0 Å². The Bertz CT molecular complexity index is 174. The Morgan fingerprint density at radius 3 is 2.00 bits per heavy atom. The lowest BCUT2D eigenvalue weighted by atomic mass is 10.1. The van der Waals surface area contributed by atoms with Crippen molar-refractivity contribution in [2.75, 3.05) is 19.8 Å². The Balaban J connectivity index is 0. The second-order valence-corrected chi connectivity index (χ2v) is 4.00. The topological polar surface area (TPSA) is 113 Å². The molecule has 6 heteroatoms. The van der Waals surface area contributed by atoms with Crippen LogP contribution in [0.3, 0.4) is 0 Å². The summed E-state index contributed by atoms with van der Waals surface area (Å²) >= 11 is 0. The fourth-order valence-electron chi connectivity index (χ4n) is 1.15. The van der Waals surface area contributed by atoms with E-state index in [4.69, 9.17) is 15.3 Å². The number of carbonyl (C=O) groups is 1. The summed E-state index contributed by atoms with van der Waals surface area (Å²) in [6, 6.07) is 0. The second kappa shape index (κ2) is 16.1. The van der Waals surface area contributed by atoms with Crippen LogP contribution >= 0.6 is 0 Å². The van der Waals surface area contributed by atoms with Crippen molar-refractivity contribution in [2.24, 2.45) is 0 Å². The molecule has 0 spiro atoms. The highest BCUT2D eigenvalue weighted by molar-refractivity contribution is 5.61. The fourth-order valence-corrected chi connectivity index (χ4v) is 1.15. The zero-order valence-electron chi connectivity index (χ0n) is 11.1. The van der Waals surface area contributed by atoms with E-state index >= 15 is 0 Å². The van der Waals surface area contributed by atoms with Gasteiger partial charge in [-0.15, -0.1) is 0 Å². The number of carboxylic acid groups (broad SMARTS) is 1. The standard InChI is InChI=1S/C9H19NO2.C3H8O3/c1-2-3-4-5-6-7-8-10-9(11)12;4-1-3(6)2-5/h10H,2-8H2,1H3,(H,11,12);3-6H,1-2H2/p-1. The Morgan fingerprint density at radius 2 is 1.61 bits per heavy atom. The Kier molecular flexibility index (Phi) is 17.5. The number of amides is 1. The number of unbranched alkanes of at least 4 members (excludes halogenated alkanes) is 5. The average Bonchev–Trinajstić information content (AvgIpc) is 2.37. The van der Waals surface area contributed by atoms with Gasteiger partial charge in [-0.1, -0.05) is 39.0 Å². The van der Waals surface area contributed by atoms with E-state index in [0.717, 1.165) is 12.8 Å². The predicted molar refractivity (Wildman–Crippen MR) is 67.0 cm³/mol. The van der Waals surface area contributed by atoms with Crippen LogP contribution in [-0.2, 0) is 0 Å². The molecule has 0 atom stereocenters. The van der Waals surface area contributed by atoms with Gasteiger partial charge >= 0.3 is 0 Å².